The molecular formula is C24H27NO. The molecule has 3 rings (SSSR count). The zero-order chi connectivity index (χ0) is 18.2. The first-order valence-electron chi connectivity index (χ1n) is 9.32. The lowest BCUT2D eigenvalue weighted by Crippen LogP contribution is -2.02. The van der Waals surface area contributed by atoms with Crippen LogP contribution in [0.25, 0.3) is 11.1 Å². The smallest absolute Gasteiger partial charge is 0.119 e. The maximum Gasteiger partial charge on any atom is 0.119 e. The second-order valence-corrected chi connectivity index (χ2v) is 6.97. The van der Waals surface area contributed by atoms with Gasteiger partial charge in [0.05, 0.1) is 6.61 Å². The molecule has 134 valence electrons. The van der Waals surface area contributed by atoms with Crippen LogP contribution in [0.4, 0.5) is 5.69 Å². The van der Waals surface area contributed by atoms with Crippen LogP contribution >= 0.6 is 0 Å². The molecule has 0 saturated carbocycles. The van der Waals surface area contributed by atoms with Crippen molar-refractivity contribution in [3.63, 3.8) is 0 Å². The van der Waals surface area contributed by atoms with E-state index in [2.05, 4.69) is 79.8 Å². The zero-order valence-electron chi connectivity index (χ0n) is 15.6. The third-order valence-electron chi connectivity index (χ3n) is 4.38. The molecule has 0 spiro atoms. The van der Waals surface area contributed by atoms with Gasteiger partial charge >= 0.3 is 0 Å². The third-order valence-corrected chi connectivity index (χ3v) is 4.38. The van der Waals surface area contributed by atoms with Crippen LogP contribution in [0.2, 0.25) is 0 Å². The Kier molecular flexibility index (Phi) is 6.32. The van der Waals surface area contributed by atoms with E-state index in [0.29, 0.717) is 5.92 Å². The molecule has 0 atom stereocenters. The van der Waals surface area contributed by atoms with Crippen LogP contribution in [0.3, 0.4) is 0 Å². The van der Waals surface area contributed by atoms with E-state index in [0.717, 1.165) is 31.0 Å². The summed E-state index contributed by atoms with van der Waals surface area (Å²) in [5.41, 5.74) is 4.87. The van der Waals surface area contributed by atoms with Crippen LogP contribution in [0, 0.1) is 5.92 Å². The highest BCUT2D eigenvalue weighted by molar-refractivity contribution is 5.63. The molecular weight excluding hydrogens is 318 g/mol. The molecule has 3 aromatic rings. The molecule has 0 aromatic heterocycles. The Labute approximate surface area is 156 Å². The van der Waals surface area contributed by atoms with Crippen LogP contribution in [0.5, 0.6) is 5.75 Å². The van der Waals surface area contributed by atoms with Crippen molar-refractivity contribution in [2.45, 2.75) is 26.8 Å². The maximum atomic E-state index is 5.76. The molecule has 0 radical (unpaired) electrons. The topological polar surface area (TPSA) is 21.3 Å². The van der Waals surface area contributed by atoms with E-state index in [-0.39, 0.29) is 0 Å². The average molecular weight is 345 g/mol. The molecule has 0 aliphatic rings. The van der Waals surface area contributed by atoms with E-state index in [9.17, 15) is 0 Å². The number of hydrogen-bond acceptors (Lipinski definition) is 2. The Hall–Kier alpha value is -2.74. The number of benzene rings is 3. The summed E-state index contributed by atoms with van der Waals surface area (Å²) in [6, 6.07) is 27.4. The lowest BCUT2D eigenvalue weighted by molar-refractivity contribution is 0.289. The van der Waals surface area contributed by atoms with Gasteiger partial charge in [0.1, 0.15) is 5.75 Å². The lowest BCUT2D eigenvalue weighted by atomic mass is 10.0. The van der Waals surface area contributed by atoms with Gasteiger partial charge in [-0.25, -0.2) is 0 Å². The highest BCUT2D eigenvalue weighted by Gasteiger charge is 2.00. The number of hydrogen-bond donors (Lipinski definition) is 1. The minimum absolute atomic E-state index is 0.671. The van der Waals surface area contributed by atoms with Gasteiger partial charge in [-0.3, -0.25) is 0 Å². The minimum Gasteiger partial charge on any atom is -0.494 e. The summed E-state index contributed by atoms with van der Waals surface area (Å²) in [6.45, 7) is 6.01. The molecule has 0 heterocycles. The number of ether oxygens (including phenoxy) is 1. The molecule has 0 aliphatic carbocycles. The van der Waals surface area contributed by atoms with Gasteiger partial charge < -0.3 is 10.1 Å². The van der Waals surface area contributed by atoms with Gasteiger partial charge in [-0.05, 0) is 53.3 Å². The van der Waals surface area contributed by atoms with E-state index < -0.39 is 0 Å². The first-order chi connectivity index (χ1) is 12.7. The van der Waals surface area contributed by atoms with Crippen molar-refractivity contribution in [1.82, 2.24) is 0 Å². The summed E-state index contributed by atoms with van der Waals surface area (Å²) in [6.07, 6.45) is 1.08. The molecule has 0 bridgehead atoms. The lowest BCUT2D eigenvalue weighted by Gasteiger charge is -2.10. The SMILES string of the molecule is CC(C)CCOc1ccc(NCc2ccc(-c3ccccc3)cc2)cc1. The highest BCUT2D eigenvalue weighted by atomic mass is 16.5. The van der Waals surface area contributed by atoms with Gasteiger partial charge in [-0.2, -0.15) is 0 Å². The van der Waals surface area contributed by atoms with Gasteiger partial charge in [-0.1, -0.05) is 68.4 Å². The fraction of sp³-hybridized carbons (Fsp3) is 0.250. The van der Waals surface area contributed by atoms with Crippen LogP contribution in [0.1, 0.15) is 25.8 Å². The molecule has 0 unspecified atom stereocenters. The van der Waals surface area contributed by atoms with Crippen LogP contribution in [-0.4, -0.2) is 6.61 Å². The largest absolute Gasteiger partial charge is 0.494 e. The predicted molar refractivity (Wildman–Crippen MR) is 111 cm³/mol. The van der Waals surface area contributed by atoms with Crippen molar-refractivity contribution < 1.29 is 4.74 Å². The molecule has 0 saturated heterocycles. The monoisotopic (exact) mass is 345 g/mol. The number of rotatable bonds is 8. The zero-order valence-corrected chi connectivity index (χ0v) is 15.6. The summed E-state index contributed by atoms with van der Waals surface area (Å²) in [7, 11) is 0. The molecule has 2 nitrogen and oxygen atoms in total. The van der Waals surface area contributed by atoms with Crippen molar-refractivity contribution >= 4 is 5.69 Å². The molecule has 0 amide bonds. The highest BCUT2D eigenvalue weighted by Crippen LogP contribution is 2.20. The van der Waals surface area contributed by atoms with Crippen molar-refractivity contribution in [3.05, 3.63) is 84.4 Å². The summed E-state index contributed by atoms with van der Waals surface area (Å²) >= 11 is 0. The Bertz CT molecular complexity index is 777. The quantitative estimate of drug-likeness (QED) is 0.510. The standard InChI is InChI=1S/C24H27NO/c1-19(2)16-17-26-24-14-12-23(13-15-24)25-18-20-8-10-22(11-9-20)21-6-4-3-5-7-21/h3-15,19,25H,16-18H2,1-2H3. The first kappa shape index (κ1) is 18.1. The fourth-order valence-corrected chi connectivity index (χ4v) is 2.73. The number of anilines is 1. The van der Waals surface area contributed by atoms with Gasteiger partial charge in [0.15, 0.2) is 0 Å². The predicted octanol–water partition coefficient (Wildman–Crippen LogP) is 6.39. The molecule has 3 aromatic carbocycles. The number of nitrogens with one attached hydrogen (secondary N) is 1. The summed E-state index contributed by atoms with van der Waals surface area (Å²) in [4.78, 5) is 0. The Morgan fingerprint density at radius 3 is 2.08 bits per heavy atom. The van der Waals surface area contributed by atoms with Crippen molar-refractivity contribution in [3.8, 4) is 16.9 Å². The molecule has 2 heteroatoms. The van der Waals surface area contributed by atoms with Crippen molar-refractivity contribution in [2.75, 3.05) is 11.9 Å². The van der Waals surface area contributed by atoms with E-state index in [1.807, 2.05) is 18.2 Å². The Balaban J connectivity index is 1.51. The third kappa shape index (κ3) is 5.38. The van der Waals surface area contributed by atoms with E-state index >= 15 is 0 Å². The minimum atomic E-state index is 0.671. The summed E-state index contributed by atoms with van der Waals surface area (Å²) in [5.74, 6) is 1.60. The van der Waals surface area contributed by atoms with Gasteiger partial charge in [0.2, 0.25) is 0 Å². The Morgan fingerprint density at radius 2 is 1.42 bits per heavy atom. The normalized spacial score (nSPS) is 10.7. The van der Waals surface area contributed by atoms with Crippen molar-refractivity contribution in [1.29, 1.82) is 0 Å². The molecule has 26 heavy (non-hydrogen) atoms. The summed E-state index contributed by atoms with van der Waals surface area (Å²) < 4.78 is 5.76. The van der Waals surface area contributed by atoms with Gasteiger partial charge in [0, 0.05) is 12.2 Å². The Morgan fingerprint density at radius 1 is 0.769 bits per heavy atom. The van der Waals surface area contributed by atoms with E-state index in [1.54, 1.807) is 0 Å². The van der Waals surface area contributed by atoms with Gasteiger partial charge in [0.25, 0.3) is 0 Å². The maximum absolute atomic E-state index is 5.76. The van der Waals surface area contributed by atoms with Crippen molar-refractivity contribution in [2.24, 2.45) is 5.92 Å². The molecule has 0 aliphatic heterocycles. The van der Waals surface area contributed by atoms with Crippen LogP contribution < -0.4 is 10.1 Å². The second kappa shape index (κ2) is 9.10. The molecule has 1 N–H and O–H groups in total. The van der Waals surface area contributed by atoms with E-state index in [4.69, 9.17) is 4.74 Å². The summed E-state index contributed by atoms with van der Waals surface area (Å²) in [5, 5.41) is 3.47. The van der Waals surface area contributed by atoms with Crippen LogP contribution in [0.15, 0.2) is 78.9 Å². The van der Waals surface area contributed by atoms with Gasteiger partial charge in [-0.15, -0.1) is 0 Å². The first-order valence-corrected chi connectivity index (χ1v) is 9.32. The second-order valence-electron chi connectivity index (χ2n) is 6.97. The van der Waals surface area contributed by atoms with E-state index in [1.165, 1.54) is 16.7 Å². The van der Waals surface area contributed by atoms with Crippen LogP contribution in [-0.2, 0) is 6.54 Å². The fourth-order valence-electron chi connectivity index (χ4n) is 2.73. The molecule has 0 fully saturated rings. The average Bonchev–Trinajstić information content (AvgIpc) is 2.68.